The van der Waals surface area contributed by atoms with Crippen molar-refractivity contribution in [3.05, 3.63) is 81.9 Å². The molecule has 0 saturated carbocycles. The van der Waals surface area contributed by atoms with E-state index >= 15 is 8.78 Å². The molecule has 35 heavy (non-hydrogen) atoms. The number of benzene rings is 3. The number of fused-ring (bicyclic) bond motifs is 1. The summed E-state index contributed by atoms with van der Waals surface area (Å²) >= 11 is 6.36. The molecule has 4 rings (SSSR count). The Labute approximate surface area is 204 Å². The van der Waals surface area contributed by atoms with E-state index in [-0.39, 0.29) is 41.2 Å². The van der Waals surface area contributed by atoms with Gasteiger partial charge in [0.2, 0.25) is 5.91 Å². The van der Waals surface area contributed by atoms with Crippen LogP contribution in [0.5, 0.6) is 11.5 Å². The van der Waals surface area contributed by atoms with Crippen molar-refractivity contribution >= 4 is 23.6 Å². The molecule has 2 amide bonds. The zero-order valence-electron chi connectivity index (χ0n) is 18.8. The predicted molar refractivity (Wildman–Crippen MR) is 125 cm³/mol. The van der Waals surface area contributed by atoms with Crippen molar-refractivity contribution in [3.8, 4) is 22.6 Å². The second-order valence-electron chi connectivity index (χ2n) is 7.88. The van der Waals surface area contributed by atoms with Gasteiger partial charge < -0.3 is 25.3 Å². The molecule has 0 fully saturated rings. The third kappa shape index (κ3) is 4.23. The minimum Gasteiger partial charge on any atom is -0.494 e. The fourth-order valence-electron chi connectivity index (χ4n) is 4.25. The van der Waals surface area contributed by atoms with E-state index in [1.54, 1.807) is 30.3 Å². The van der Waals surface area contributed by atoms with E-state index in [2.05, 4.69) is 10.1 Å². The van der Waals surface area contributed by atoms with Crippen LogP contribution >= 0.6 is 11.6 Å². The maximum Gasteiger partial charge on any atom is 0.407 e. The number of alkyl carbamates (subject to hydrolysis) is 1. The number of ether oxygens (including phenoxy) is 3. The van der Waals surface area contributed by atoms with Gasteiger partial charge in [-0.1, -0.05) is 41.9 Å². The minimum absolute atomic E-state index is 0.0552. The van der Waals surface area contributed by atoms with Gasteiger partial charge in [-0.15, -0.1) is 0 Å². The van der Waals surface area contributed by atoms with Crippen LogP contribution in [0.25, 0.3) is 11.1 Å². The Kier molecular flexibility index (Phi) is 6.53. The highest BCUT2D eigenvalue weighted by Gasteiger charge is 2.44. The monoisotopic (exact) mass is 502 g/mol. The van der Waals surface area contributed by atoms with Gasteiger partial charge in [-0.05, 0) is 17.7 Å². The van der Waals surface area contributed by atoms with Crippen LogP contribution in [0.4, 0.5) is 13.6 Å². The average Bonchev–Trinajstić information content (AvgIpc) is 3.23. The maximum atomic E-state index is 15.5. The first-order valence-corrected chi connectivity index (χ1v) is 10.8. The second-order valence-corrected chi connectivity index (χ2v) is 8.25. The molecule has 182 valence electrons. The van der Waals surface area contributed by atoms with Gasteiger partial charge in [0.15, 0.2) is 17.2 Å². The molecule has 7 nitrogen and oxygen atoms in total. The van der Waals surface area contributed by atoms with Crippen LogP contribution in [0.1, 0.15) is 21.5 Å². The summed E-state index contributed by atoms with van der Waals surface area (Å²) in [5, 5.41) is 2.20. The van der Waals surface area contributed by atoms with Gasteiger partial charge in [-0.2, -0.15) is 0 Å². The van der Waals surface area contributed by atoms with Gasteiger partial charge in [0.1, 0.15) is 11.6 Å². The molecule has 1 aliphatic heterocycles. The lowest BCUT2D eigenvalue weighted by Crippen LogP contribution is -2.44. The summed E-state index contributed by atoms with van der Waals surface area (Å²) in [6.45, 7) is -0.0552. The molecule has 3 aromatic carbocycles. The number of hydrogen-bond donors (Lipinski definition) is 2. The molecule has 1 heterocycles. The molecule has 0 saturated heterocycles. The Bertz CT molecular complexity index is 1320. The van der Waals surface area contributed by atoms with Crippen molar-refractivity contribution in [1.82, 2.24) is 5.32 Å². The molecule has 3 N–H and O–H groups in total. The lowest BCUT2D eigenvalue weighted by atomic mass is 9.85. The number of primary amides is 1. The van der Waals surface area contributed by atoms with Crippen LogP contribution in [-0.2, 0) is 16.8 Å². The molecule has 1 aliphatic rings. The van der Waals surface area contributed by atoms with E-state index in [1.165, 1.54) is 26.4 Å². The summed E-state index contributed by atoms with van der Waals surface area (Å²) in [5.41, 5.74) is 4.72. The van der Waals surface area contributed by atoms with Crippen LogP contribution in [0.3, 0.4) is 0 Å². The number of methoxy groups -OCH3 is 2. The van der Waals surface area contributed by atoms with E-state index in [9.17, 15) is 9.59 Å². The zero-order chi connectivity index (χ0) is 25.3. The normalized spacial score (nSPS) is 16.3. The molecule has 0 aromatic heterocycles. The molecule has 1 atom stereocenters. The summed E-state index contributed by atoms with van der Waals surface area (Å²) in [7, 11) is 2.48. The van der Waals surface area contributed by atoms with Gasteiger partial charge in [-0.25, -0.2) is 13.6 Å². The van der Waals surface area contributed by atoms with Crippen molar-refractivity contribution in [2.24, 2.45) is 5.73 Å². The maximum absolute atomic E-state index is 15.5. The predicted octanol–water partition coefficient (Wildman–Crippen LogP) is 4.58. The lowest BCUT2D eigenvalue weighted by Gasteiger charge is -2.29. The van der Waals surface area contributed by atoms with E-state index in [0.717, 1.165) is 6.07 Å². The standard InChI is InChI=1S/C25H21ClF2N2O5/c1-33-17-9-8-14(23(29)31)20(22(17)28)19-15-11-25(12-30-24(32)34-2,13-6-4-3-5-7-13)35-18(15)10-16(27)21(19)26/h3-10H,11-12H2,1-2H3,(H2,29,31)(H,30,32). The topological polar surface area (TPSA) is 99.9 Å². The summed E-state index contributed by atoms with van der Waals surface area (Å²) in [5.74, 6) is -2.85. The number of rotatable bonds is 6. The van der Waals surface area contributed by atoms with E-state index in [4.69, 9.17) is 26.8 Å². The highest BCUT2D eigenvalue weighted by atomic mass is 35.5. The van der Waals surface area contributed by atoms with Gasteiger partial charge in [-0.3, -0.25) is 4.79 Å². The smallest absolute Gasteiger partial charge is 0.407 e. The molecule has 0 aliphatic carbocycles. The quantitative estimate of drug-likeness (QED) is 0.514. The van der Waals surface area contributed by atoms with Crippen LogP contribution in [0.15, 0.2) is 48.5 Å². The molecule has 3 aromatic rings. The lowest BCUT2D eigenvalue weighted by molar-refractivity contribution is 0.0872. The molecule has 0 radical (unpaired) electrons. The highest BCUT2D eigenvalue weighted by Crippen LogP contribution is 2.50. The van der Waals surface area contributed by atoms with Crippen molar-refractivity contribution in [2.75, 3.05) is 20.8 Å². The number of carbonyl (C=O) groups excluding carboxylic acids is 2. The van der Waals surface area contributed by atoms with Gasteiger partial charge in [0, 0.05) is 29.2 Å². The summed E-state index contributed by atoms with van der Waals surface area (Å²) in [6, 6.07) is 12.5. The Morgan fingerprint density at radius 1 is 1.14 bits per heavy atom. The van der Waals surface area contributed by atoms with Gasteiger partial charge in [0.25, 0.3) is 0 Å². The Hall–Kier alpha value is -3.85. The second kappa shape index (κ2) is 9.42. The molecule has 1 unspecified atom stereocenters. The van der Waals surface area contributed by atoms with Crippen molar-refractivity contribution < 1.29 is 32.6 Å². The fraction of sp³-hybridized carbons (Fsp3) is 0.200. The first-order chi connectivity index (χ1) is 16.7. The molecule has 0 spiro atoms. The van der Waals surface area contributed by atoms with Crippen LogP contribution in [-0.4, -0.2) is 32.8 Å². The number of nitrogens with two attached hydrogens (primary N) is 1. The first-order valence-electron chi connectivity index (χ1n) is 10.5. The number of halogens is 3. The number of amides is 2. The highest BCUT2D eigenvalue weighted by molar-refractivity contribution is 6.34. The Morgan fingerprint density at radius 3 is 2.49 bits per heavy atom. The zero-order valence-corrected chi connectivity index (χ0v) is 19.5. The van der Waals surface area contributed by atoms with E-state index < -0.39 is 34.3 Å². The summed E-state index contributed by atoms with van der Waals surface area (Å²) in [6.07, 6.45) is -0.639. The third-order valence-electron chi connectivity index (χ3n) is 5.90. The fourth-order valence-corrected chi connectivity index (χ4v) is 4.52. The van der Waals surface area contributed by atoms with Crippen molar-refractivity contribution in [1.29, 1.82) is 0 Å². The molecular weight excluding hydrogens is 482 g/mol. The van der Waals surface area contributed by atoms with Crippen LogP contribution in [0.2, 0.25) is 5.02 Å². The summed E-state index contributed by atoms with van der Waals surface area (Å²) in [4.78, 5) is 24.0. The summed E-state index contributed by atoms with van der Waals surface area (Å²) < 4.78 is 46.5. The number of hydrogen-bond acceptors (Lipinski definition) is 5. The molecular formula is C25H21ClF2N2O5. The van der Waals surface area contributed by atoms with Crippen molar-refractivity contribution in [3.63, 3.8) is 0 Å². The molecule has 0 bridgehead atoms. The van der Waals surface area contributed by atoms with Gasteiger partial charge in [0.05, 0.1) is 31.4 Å². The van der Waals surface area contributed by atoms with Gasteiger partial charge >= 0.3 is 6.09 Å². The first kappa shape index (κ1) is 24.3. The minimum atomic E-state index is -1.20. The van der Waals surface area contributed by atoms with Crippen molar-refractivity contribution in [2.45, 2.75) is 12.0 Å². The average molecular weight is 503 g/mol. The van der Waals surface area contributed by atoms with E-state index in [1.807, 2.05) is 0 Å². The Balaban J connectivity index is 1.96. The number of carbonyl (C=O) groups is 2. The largest absolute Gasteiger partial charge is 0.494 e. The number of nitrogens with one attached hydrogen (secondary N) is 1. The third-order valence-corrected chi connectivity index (χ3v) is 6.27. The van der Waals surface area contributed by atoms with Crippen LogP contribution < -0.4 is 20.5 Å². The SMILES string of the molecule is COC(=O)NCC1(c2ccccc2)Cc2c(cc(F)c(Cl)c2-c2c(C(N)=O)ccc(OC)c2F)O1. The van der Waals surface area contributed by atoms with Crippen LogP contribution in [0, 0.1) is 11.6 Å². The van der Waals surface area contributed by atoms with E-state index in [0.29, 0.717) is 11.1 Å². The molecule has 10 heteroatoms. The Morgan fingerprint density at radius 2 is 1.86 bits per heavy atom.